The first-order chi connectivity index (χ1) is 16.0. The van der Waals surface area contributed by atoms with Crippen molar-refractivity contribution in [3.8, 4) is 6.07 Å². The van der Waals surface area contributed by atoms with E-state index in [9.17, 15) is 9.18 Å². The fourth-order valence-electron chi connectivity index (χ4n) is 4.46. The van der Waals surface area contributed by atoms with Crippen molar-refractivity contribution in [2.75, 3.05) is 5.32 Å². The summed E-state index contributed by atoms with van der Waals surface area (Å²) in [6.07, 6.45) is 8.00. The van der Waals surface area contributed by atoms with Crippen LogP contribution in [0.1, 0.15) is 47.4 Å². The van der Waals surface area contributed by atoms with Gasteiger partial charge in [0.05, 0.1) is 18.5 Å². The number of carbonyl (C=O) groups excluding carboxylic acids is 1. The van der Waals surface area contributed by atoms with Gasteiger partial charge in [0.15, 0.2) is 5.82 Å². The molecule has 1 amide bonds. The summed E-state index contributed by atoms with van der Waals surface area (Å²) in [6.45, 7) is 0.374. The molecule has 0 unspecified atom stereocenters. The minimum Gasteiger partial charge on any atom is -0.350 e. The number of aryl methyl sites for hydroxylation is 1. The predicted octanol–water partition coefficient (Wildman–Crippen LogP) is 4.88. The van der Waals surface area contributed by atoms with Crippen LogP contribution in [0.25, 0.3) is 10.9 Å². The van der Waals surface area contributed by atoms with E-state index in [2.05, 4.69) is 40.4 Å². The lowest BCUT2D eigenvalue weighted by molar-refractivity contribution is -0.115. The van der Waals surface area contributed by atoms with E-state index in [0.717, 1.165) is 11.1 Å². The summed E-state index contributed by atoms with van der Waals surface area (Å²) in [6, 6.07) is 14.2. The minimum atomic E-state index is -0.539. The maximum absolute atomic E-state index is 13.5. The largest absolute Gasteiger partial charge is 0.350 e. The lowest BCUT2D eigenvalue weighted by Gasteiger charge is -2.25. The smallest absolute Gasteiger partial charge is 0.229 e. The fraction of sp³-hybridized carbons (Fsp3) is 0.269. The van der Waals surface area contributed by atoms with Crippen LogP contribution in [0.3, 0.4) is 0 Å². The molecule has 0 spiro atoms. The highest BCUT2D eigenvalue weighted by molar-refractivity contribution is 5.93. The molecular weight excluding hydrogens is 417 g/mol. The summed E-state index contributed by atoms with van der Waals surface area (Å²) in [7, 11) is 2.07. The second-order valence-electron chi connectivity index (χ2n) is 8.72. The van der Waals surface area contributed by atoms with Crippen molar-refractivity contribution in [1.82, 2.24) is 14.3 Å². The van der Waals surface area contributed by atoms with E-state index in [1.165, 1.54) is 47.9 Å². The topological polar surface area (TPSA) is 75.6 Å². The average molecular weight is 442 g/mol. The molecule has 1 aliphatic rings. The highest BCUT2D eigenvalue weighted by Gasteiger charge is 2.23. The number of carbonyl (C=O) groups is 1. The van der Waals surface area contributed by atoms with E-state index in [4.69, 9.17) is 5.26 Å². The number of anilines is 1. The number of benzene rings is 2. The number of aromatic nitrogens is 3. The Morgan fingerprint density at radius 3 is 2.79 bits per heavy atom. The highest BCUT2D eigenvalue weighted by Crippen LogP contribution is 2.40. The van der Waals surface area contributed by atoms with Gasteiger partial charge in [-0.1, -0.05) is 18.6 Å². The van der Waals surface area contributed by atoms with Crippen LogP contribution in [0.4, 0.5) is 10.2 Å². The molecule has 1 aliphatic carbocycles. The number of nitriles is 1. The summed E-state index contributed by atoms with van der Waals surface area (Å²) >= 11 is 0. The summed E-state index contributed by atoms with van der Waals surface area (Å²) < 4.78 is 17.3. The molecule has 0 saturated heterocycles. The number of nitrogens with zero attached hydrogens (tertiary/aromatic N) is 4. The molecule has 2 heterocycles. The highest BCUT2D eigenvalue weighted by atomic mass is 19.1. The molecule has 0 radical (unpaired) electrons. The van der Waals surface area contributed by atoms with Crippen LogP contribution >= 0.6 is 0 Å². The average Bonchev–Trinajstić information content (AvgIpc) is 3.32. The Morgan fingerprint density at radius 2 is 2.03 bits per heavy atom. The Kier molecular flexibility index (Phi) is 5.43. The zero-order valence-corrected chi connectivity index (χ0v) is 18.4. The third-order valence-corrected chi connectivity index (χ3v) is 6.40. The number of hydrogen-bond acceptors (Lipinski definition) is 3. The summed E-state index contributed by atoms with van der Waals surface area (Å²) in [5.41, 5.74) is 4.32. The van der Waals surface area contributed by atoms with E-state index in [1.807, 2.05) is 12.1 Å². The first-order valence-corrected chi connectivity index (χ1v) is 11.1. The van der Waals surface area contributed by atoms with Crippen LogP contribution in [0, 0.1) is 17.1 Å². The van der Waals surface area contributed by atoms with Crippen molar-refractivity contribution in [1.29, 1.82) is 5.26 Å². The molecule has 5 rings (SSSR count). The van der Waals surface area contributed by atoms with Gasteiger partial charge in [-0.25, -0.2) is 4.39 Å². The Morgan fingerprint density at radius 1 is 1.21 bits per heavy atom. The van der Waals surface area contributed by atoms with E-state index in [1.54, 1.807) is 23.0 Å². The first kappa shape index (κ1) is 21.0. The Labute approximate surface area is 191 Å². The molecule has 6 nitrogen and oxygen atoms in total. The Balaban J connectivity index is 1.26. The minimum absolute atomic E-state index is 0.00373. The monoisotopic (exact) mass is 441 g/mol. The van der Waals surface area contributed by atoms with Crippen molar-refractivity contribution < 1.29 is 9.18 Å². The van der Waals surface area contributed by atoms with E-state index in [-0.39, 0.29) is 17.9 Å². The number of halogens is 1. The van der Waals surface area contributed by atoms with E-state index < -0.39 is 5.82 Å². The fourth-order valence-corrected chi connectivity index (χ4v) is 4.46. The number of nitrogens with one attached hydrogen (secondary N) is 1. The summed E-state index contributed by atoms with van der Waals surface area (Å²) in [5, 5.41) is 17.5. The van der Waals surface area contributed by atoms with Crippen LogP contribution in [0.15, 0.2) is 54.9 Å². The lowest BCUT2D eigenvalue weighted by atomic mass is 9.80. The maximum Gasteiger partial charge on any atom is 0.229 e. The van der Waals surface area contributed by atoms with E-state index >= 15 is 0 Å². The van der Waals surface area contributed by atoms with Crippen molar-refractivity contribution in [2.45, 2.75) is 38.1 Å². The van der Waals surface area contributed by atoms with Gasteiger partial charge in [-0.2, -0.15) is 10.4 Å². The second kappa shape index (κ2) is 8.55. The van der Waals surface area contributed by atoms with Crippen molar-refractivity contribution in [3.05, 3.63) is 82.9 Å². The number of fused-ring (bicyclic) bond motifs is 1. The number of hydrogen-bond donors (Lipinski definition) is 1. The number of amides is 1. The van der Waals surface area contributed by atoms with Crippen LogP contribution < -0.4 is 5.32 Å². The molecule has 7 heteroatoms. The van der Waals surface area contributed by atoms with Crippen LogP contribution in [0.2, 0.25) is 0 Å². The molecule has 1 N–H and O–H groups in total. The summed E-state index contributed by atoms with van der Waals surface area (Å²) in [5.74, 6) is 0.420. The quantitative estimate of drug-likeness (QED) is 0.463. The molecule has 33 heavy (non-hydrogen) atoms. The normalized spacial score (nSPS) is 13.6. The summed E-state index contributed by atoms with van der Waals surface area (Å²) in [4.78, 5) is 12.7. The molecular formula is C26H24FN5O. The maximum atomic E-state index is 13.5. The van der Waals surface area contributed by atoms with Crippen LogP contribution in [-0.2, 0) is 24.8 Å². The van der Waals surface area contributed by atoms with Gasteiger partial charge in [0.2, 0.25) is 5.91 Å². The van der Waals surface area contributed by atoms with Gasteiger partial charge in [-0.15, -0.1) is 0 Å². The first-order valence-electron chi connectivity index (χ1n) is 11.1. The van der Waals surface area contributed by atoms with Gasteiger partial charge in [-0.3, -0.25) is 9.48 Å². The zero-order chi connectivity index (χ0) is 22.9. The van der Waals surface area contributed by atoms with Gasteiger partial charge < -0.3 is 9.88 Å². The van der Waals surface area contributed by atoms with Gasteiger partial charge in [0.1, 0.15) is 11.9 Å². The van der Waals surface area contributed by atoms with Crippen molar-refractivity contribution in [2.24, 2.45) is 7.05 Å². The predicted molar refractivity (Wildman–Crippen MR) is 124 cm³/mol. The molecule has 2 aromatic carbocycles. The third kappa shape index (κ3) is 4.24. The Bertz CT molecular complexity index is 1390. The third-order valence-electron chi connectivity index (χ3n) is 6.40. The van der Waals surface area contributed by atoms with Crippen molar-refractivity contribution in [3.63, 3.8) is 0 Å². The molecule has 1 saturated carbocycles. The van der Waals surface area contributed by atoms with Crippen molar-refractivity contribution >= 4 is 22.6 Å². The molecule has 1 fully saturated rings. The molecule has 4 aromatic rings. The molecule has 0 aliphatic heterocycles. The molecule has 0 bridgehead atoms. The second-order valence-corrected chi connectivity index (χ2v) is 8.72. The van der Waals surface area contributed by atoms with Crippen LogP contribution in [0.5, 0.6) is 0 Å². The standard InChI is InChI=1S/C26H24FN5O/c1-31-16-22(19-3-2-4-19)21-12-17(6-8-24(21)31)13-26(33)29-25-9-10-32(30-25)15-18-5-7-23(27)20(11-18)14-28/h5-12,16,19H,2-4,13,15H2,1H3,(H,29,30,33). The Hall–Kier alpha value is -3.92. The lowest BCUT2D eigenvalue weighted by Crippen LogP contribution is -2.15. The van der Waals surface area contributed by atoms with Gasteiger partial charge in [-0.05, 0) is 59.7 Å². The van der Waals surface area contributed by atoms with Gasteiger partial charge in [0, 0.05) is 36.4 Å². The molecule has 166 valence electrons. The van der Waals surface area contributed by atoms with Gasteiger partial charge in [0.25, 0.3) is 0 Å². The molecule has 0 atom stereocenters. The SMILES string of the molecule is Cn1cc(C2CCC2)c2cc(CC(=O)Nc3ccn(Cc4ccc(F)c(C#N)c4)n3)ccc21. The van der Waals surface area contributed by atoms with Gasteiger partial charge >= 0.3 is 0 Å². The van der Waals surface area contributed by atoms with Crippen LogP contribution in [-0.4, -0.2) is 20.3 Å². The van der Waals surface area contributed by atoms with E-state index in [0.29, 0.717) is 18.3 Å². The number of rotatable bonds is 6. The molecule has 2 aromatic heterocycles. The zero-order valence-electron chi connectivity index (χ0n) is 18.4.